The smallest absolute Gasteiger partial charge is 0.156 e. The maximum atomic E-state index is 8.98. The lowest BCUT2D eigenvalue weighted by atomic mass is 10.2. The fourth-order valence-electron chi connectivity index (χ4n) is 2.43. The SMILES string of the molecule is Cc1nnc(Nc2cc(C#N)n(C)n2)cc1NCC1CNCCO1. The lowest BCUT2D eigenvalue weighted by Gasteiger charge is -2.24. The van der Waals surface area contributed by atoms with E-state index in [2.05, 4.69) is 37.3 Å². The molecule has 0 amide bonds. The van der Waals surface area contributed by atoms with E-state index in [0.717, 1.165) is 31.1 Å². The third kappa shape index (κ3) is 3.79. The summed E-state index contributed by atoms with van der Waals surface area (Å²) in [7, 11) is 1.72. The van der Waals surface area contributed by atoms with Crippen molar-refractivity contribution in [2.45, 2.75) is 13.0 Å². The Labute approximate surface area is 140 Å². The molecule has 1 atom stereocenters. The average molecular weight is 328 g/mol. The summed E-state index contributed by atoms with van der Waals surface area (Å²) in [5.74, 6) is 1.12. The molecule has 2 aromatic heterocycles. The number of morpholine rings is 1. The molecule has 0 aromatic carbocycles. The highest BCUT2D eigenvalue weighted by atomic mass is 16.5. The number of anilines is 3. The van der Waals surface area contributed by atoms with Crippen LogP contribution in [-0.2, 0) is 11.8 Å². The molecule has 3 heterocycles. The third-order valence-electron chi connectivity index (χ3n) is 3.75. The van der Waals surface area contributed by atoms with E-state index in [9.17, 15) is 0 Å². The predicted octanol–water partition coefficient (Wildman–Crippen LogP) is 0.534. The van der Waals surface area contributed by atoms with E-state index in [0.29, 0.717) is 23.9 Å². The summed E-state index contributed by atoms with van der Waals surface area (Å²) >= 11 is 0. The fourth-order valence-corrected chi connectivity index (χ4v) is 2.43. The van der Waals surface area contributed by atoms with E-state index in [1.54, 1.807) is 13.1 Å². The lowest BCUT2D eigenvalue weighted by Crippen LogP contribution is -2.42. The second kappa shape index (κ2) is 7.25. The highest BCUT2D eigenvalue weighted by molar-refractivity contribution is 5.60. The van der Waals surface area contributed by atoms with Crippen LogP contribution in [0, 0.1) is 18.3 Å². The van der Waals surface area contributed by atoms with Gasteiger partial charge in [0.25, 0.3) is 0 Å². The molecule has 1 aliphatic heterocycles. The van der Waals surface area contributed by atoms with Crippen molar-refractivity contribution in [1.82, 2.24) is 25.3 Å². The largest absolute Gasteiger partial charge is 0.381 e. The highest BCUT2D eigenvalue weighted by Gasteiger charge is 2.14. The van der Waals surface area contributed by atoms with Crippen LogP contribution in [0.1, 0.15) is 11.4 Å². The molecule has 0 radical (unpaired) electrons. The molecule has 3 rings (SSSR count). The topological polar surface area (TPSA) is 113 Å². The second-order valence-corrected chi connectivity index (χ2v) is 5.58. The van der Waals surface area contributed by atoms with Crippen LogP contribution in [0.15, 0.2) is 12.1 Å². The number of hydrogen-bond acceptors (Lipinski definition) is 8. The monoisotopic (exact) mass is 328 g/mol. The summed E-state index contributed by atoms with van der Waals surface area (Å²) in [6.45, 7) is 5.05. The minimum Gasteiger partial charge on any atom is -0.381 e. The molecular weight excluding hydrogens is 308 g/mol. The van der Waals surface area contributed by atoms with Crippen LogP contribution in [-0.4, -0.2) is 52.3 Å². The van der Waals surface area contributed by atoms with E-state index in [-0.39, 0.29) is 6.10 Å². The number of aromatic nitrogens is 4. The molecular formula is C15H20N8O. The van der Waals surface area contributed by atoms with Gasteiger partial charge >= 0.3 is 0 Å². The van der Waals surface area contributed by atoms with Gasteiger partial charge in [0, 0.05) is 38.8 Å². The van der Waals surface area contributed by atoms with Crippen LogP contribution >= 0.6 is 0 Å². The first-order valence-electron chi connectivity index (χ1n) is 7.77. The first-order chi connectivity index (χ1) is 11.7. The molecule has 126 valence electrons. The molecule has 0 saturated carbocycles. The summed E-state index contributed by atoms with van der Waals surface area (Å²) < 4.78 is 7.18. The number of nitrogens with one attached hydrogen (secondary N) is 3. The maximum Gasteiger partial charge on any atom is 0.156 e. The number of aryl methyl sites for hydroxylation is 2. The van der Waals surface area contributed by atoms with Gasteiger partial charge in [0.15, 0.2) is 11.6 Å². The van der Waals surface area contributed by atoms with Crippen LogP contribution in [0.2, 0.25) is 0 Å². The molecule has 24 heavy (non-hydrogen) atoms. The first kappa shape index (κ1) is 16.2. The Hall–Kier alpha value is -2.70. The summed E-state index contributed by atoms with van der Waals surface area (Å²) in [5.41, 5.74) is 2.17. The molecule has 9 nitrogen and oxygen atoms in total. The van der Waals surface area contributed by atoms with Crippen molar-refractivity contribution in [3.8, 4) is 6.07 Å². The van der Waals surface area contributed by atoms with Crippen LogP contribution < -0.4 is 16.0 Å². The van der Waals surface area contributed by atoms with Gasteiger partial charge < -0.3 is 20.7 Å². The Morgan fingerprint density at radius 1 is 1.42 bits per heavy atom. The Morgan fingerprint density at radius 3 is 3.00 bits per heavy atom. The molecule has 1 aliphatic rings. The Kier molecular flexibility index (Phi) is 4.88. The average Bonchev–Trinajstić information content (AvgIpc) is 2.95. The fraction of sp³-hybridized carbons (Fsp3) is 0.467. The minimum atomic E-state index is 0.136. The van der Waals surface area contributed by atoms with E-state index in [4.69, 9.17) is 10.00 Å². The molecule has 1 fully saturated rings. The van der Waals surface area contributed by atoms with Crippen LogP contribution in [0.5, 0.6) is 0 Å². The van der Waals surface area contributed by atoms with Gasteiger partial charge in [0.1, 0.15) is 11.8 Å². The maximum absolute atomic E-state index is 8.98. The molecule has 3 N–H and O–H groups in total. The number of hydrogen-bond donors (Lipinski definition) is 3. The van der Waals surface area contributed by atoms with Gasteiger partial charge in [-0.3, -0.25) is 4.68 Å². The van der Waals surface area contributed by atoms with Crippen LogP contribution in [0.25, 0.3) is 0 Å². The number of nitriles is 1. The molecule has 9 heteroatoms. The van der Waals surface area contributed by atoms with E-state index in [1.165, 1.54) is 4.68 Å². The van der Waals surface area contributed by atoms with Crippen molar-refractivity contribution in [3.05, 3.63) is 23.5 Å². The van der Waals surface area contributed by atoms with Gasteiger partial charge in [0.2, 0.25) is 0 Å². The standard InChI is InChI=1S/C15H20N8O/c1-10-13(18-9-12-8-17-3-4-24-12)6-14(21-20-10)19-15-5-11(7-16)23(2)22-15/h5-6,12,17H,3-4,8-9H2,1-2H3,(H2,18,19,21,22). The van der Waals surface area contributed by atoms with E-state index < -0.39 is 0 Å². The summed E-state index contributed by atoms with van der Waals surface area (Å²) in [6.07, 6.45) is 0.136. The van der Waals surface area contributed by atoms with Crippen molar-refractivity contribution < 1.29 is 4.74 Å². The van der Waals surface area contributed by atoms with Crippen LogP contribution in [0.4, 0.5) is 17.3 Å². The van der Waals surface area contributed by atoms with Crippen molar-refractivity contribution in [2.24, 2.45) is 7.05 Å². The summed E-state index contributed by atoms with van der Waals surface area (Å²) in [4.78, 5) is 0. The second-order valence-electron chi connectivity index (χ2n) is 5.58. The third-order valence-corrected chi connectivity index (χ3v) is 3.75. The van der Waals surface area contributed by atoms with Gasteiger partial charge in [-0.05, 0) is 6.92 Å². The van der Waals surface area contributed by atoms with Gasteiger partial charge in [-0.2, -0.15) is 15.5 Å². The molecule has 0 aliphatic carbocycles. The number of rotatable bonds is 5. The van der Waals surface area contributed by atoms with E-state index in [1.807, 2.05) is 13.0 Å². The highest BCUT2D eigenvalue weighted by Crippen LogP contribution is 2.19. The summed E-state index contributed by atoms with van der Waals surface area (Å²) in [5, 5.41) is 31.2. The van der Waals surface area contributed by atoms with Crippen molar-refractivity contribution in [2.75, 3.05) is 36.9 Å². The molecule has 2 aromatic rings. The zero-order valence-corrected chi connectivity index (χ0v) is 13.7. The van der Waals surface area contributed by atoms with Gasteiger partial charge in [-0.1, -0.05) is 0 Å². The molecule has 1 unspecified atom stereocenters. The Balaban J connectivity index is 1.67. The number of ether oxygens (including phenoxy) is 1. The van der Waals surface area contributed by atoms with Gasteiger partial charge in [-0.25, -0.2) is 0 Å². The van der Waals surface area contributed by atoms with Crippen molar-refractivity contribution in [3.63, 3.8) is 0 Å². The van der Waals surface area contributed by atoms with E-state index >= 15 is 0 Å². The Bertz CT molecular complexity index is 744. The van der Waals surface area contributed by atoms with Gasteiger partial charge in [0.05, 0.1) is 24.1 Å². The minimum absolute atomic E-state index is 0.136. The zero-order chi connectivity index (χ0) is 16.9. The first-order valence-corrected chi connectivity index (χ1v) is 7.77. The predicted molar refractivity (Wildman–Crippen MR) is 89.1 cm³/mol. The Morgan fingerprint density at radius 2 is 2.29 bits per heavy atom. The van der Waals surface area contributed by atoms with Gasteiger partial charge in [-0.15, -0.1) is 5.10 Å². The molecule has 0 bridgehead atoms. The van der Waals surface area contributed by atoms with Crippen molar-refractivity contribution >= 4 is 17.3 Å². The zero-order valence-electron chi connectivity index (χ0n) is 13.7. The molecule has 0 spiro atoms. The lowest BCUT2D eigenvalue weighted by molar-refractivity contribution is 0.0372. The van der Waals surface area contributed by atoms with Crippen LogP contribution in [0.3, 0.4) is 0 Å². The quantitative estimate of drug-likeness (QED) is 0.729. The normalized spacial score (nSPS) is 17.3. The number of nitrogens with zero attached hydrogens (tertiary/aromatic N) is 5. The molecule has 1 saturated heterocycles. The van der Waals surface area contributed by atoms with Crippen molar-refractivity contribution in [1.29, 1.82) is 5.26 Å². The summed E-state index contributed by atoms with van der Waals surface area (Å²) in [6, 6.07) is 5.61.